The Morgan fingerprint density at radius 2 is 2.17 bits per heavy atom. The minimum absolute atomic E-state index is 0.0436. The SMILES string of the molecule is CC(CCNC(=O)C1CCC(C)O1)Nc1ccc(C(F)(F)F)cn1. The molecule has 3 atom stereocenters. The maximum absolute atomic E-state index is 12.5. The molecular formula is C16H22F3N3O2. The lowest BCUT2D eigenvalue weighted by Gasteiger charge is -2.16. The van der Waals surface area contributed by atoms with Gasteiger partial charge < -0.3 is 15.4 Å². The Balaban J connectivity index is 1.71. The summed E-state index contributed by atoms with van der Waals surface area (Å²) in [7, 11) is 0. The molecular weight excluding hydrogens is 323 g/mol. The lowest BCUT2D eigenvalue weighted by molar-refractivity contribution is -0.137. The molecule has 1 aromatic rings. The Hall–Kier alpha value is -1.83. The third kappa shape index (κ3) is 5.36. The minimum atomic E-state index is -4.39. The molecule has 1 fully saturated rings. The zero-order valence-corrected chi connectivity index (χ0v) is 13.7. The van der Waals surface area contributed by atoms with Crippen LogP contribution < -0.4 is 10.6 Å². The molecule has 0 spiro atoms. The van der Waals surface area contributed by atoms with Gasteiger partial charge in [0, 0.05) is 18.8 Å². The minimum Gasteiger partial charge on any atom is -0.368 e. The van der Waals surface area contributed by atoms with Gasteiger partial charge in [0.25, 0.3) is 0 Å². The summed E-state index contributed by atoms with van der Waals surface area (Å²) in [5.74, 6) is 0.258. The van der Waals surface area contributed by atoms with Crippen molar-refractivity contribution >= 4 is 11.7 Å². The average molecular weight is 345 g/mol. The van der Waals surface area contributed by atoms with Crippen LogP contribution in [0.15, 0.2) is 18.3 Å². The molecule has 5 nitrogen and oxygen atoms in total. The summed E-state index contributed by atoms with van der Waals surface area (Å²) in [4.78, 5) is 15.6. The molecule has 0 aliphatic carbocycles. The first-order valence-electron chi connectivity index (χ1n) is 7.98. The van der Waals surface area contributed by atoms with Gasteiger partial charge in [-0.05, 0) is 45.2 Å². The summed E-state index contributed by atoms with van der Waals surface area (Å²) < 4.78 is 42.9. The number of carbonyl (C=O) groups excluding carboxylic acids is 1. The van der Waals surface area contributed by atoms with Crippen molar-refractivity contribution in [3.05, 3.63) is 23.9 Å². The van der Waals surface area contributed by atoms with Gasteiger partial charge in [0.05, 0.1) is 11.7 Å². The number of nitrogens with zero attached hydrogens (tertiary/aromatic N) is 1. The van der Waals surface area contributed by atoms with Gasteiger partial charge >= 0.3 is 6.18 Å². The first kappa shape index (κ1) is 18.5. The second-order valence-corrected chi connectivity index (χ2v) is 6.07. The summed E-state index contributed by atoms with van der Waals surface area (Å²) in [6.45, 7) is 4.28. The molecule has 3 unspecified atom stereocenters. The molecule has 2 rings (SSSR count). The maximum Gasteiger partial charge on any atom is 0.417 e. The van der Waals surface area contributed by atoms with E-state index in [4.69, 9.17) is 4.74 Å². The van der Waals surface area contributed by atoms with E-state index in [0.29, 0.717) is 18.8 Å². The van der Waals surface area contributed by atoms with E-state index in [0.717, 1.165) is 25.1 Å². The Morgan fingerprint density at radius 1 is 1.42 bits per heavy atom. The lowest BCUT2D eigenvalue weighted by Crippen LogP contribution is -2.36. The molecule has 0 radical (unpaired) electrons. The van der Waals surface area contributed by atoms with Crippen molar-refractivity contribution < 1.29 is 22.7 Å². The van der Waals surface area contributed by atoms with E-state index < -0.39 is 11.7 Å². The van der Waals surface area contributed by atoms with Gasteiger partial charge in [0.1, 0.15) is 11.9 Å². The summed E-state index contributed by atoms with van der Waals surface area (Å²) in [6, 6.07) is 2.24. The lowest BCUT2D eigenvalue weighted by atomic mass is 10.2. The van der Waals surface area contributed by atoms with Crippen LogP contribution in [0.5, 0.6) is 0 Å². The van der Waals surface area contributed by atoms with Crippen LogP contribution in [0.4, 0.5) is 19.0 Å². The number of alkyl halides is 3. The van der Waals surface area contributed by atoms with Crippen molar-refractivity contribution in [3.8, 4) is 0 Å². The predicted octanol–water partition coefficient (Wildman–Crippen LogP) is 2.97. The van der Waals surface area contributed by atoms with Crippen molar-refractivity contribution in [1.29, 1.82) is 0 Å². The number of aromatic nitrogens is 1. The molecule has 1 aliphatic heterocycles. The van der Waals surface area contributed by atoms with Crippen molar-refractivity contribution in [2.45, 2.75) is 57.5 Å². The molecule has 1 amide bonds. The summed E-state index contributed by atoms with van der Waals surface area (Å²) in [5, 5.41) is 5.83. The van der Waals surface area contributed by atoms with Gasteiger partial charge in [-0.15, -0.1) is 0 Å². The largest absolute Gasteiger partial charge is 0.417 e. The number of nitrogens with one attached hydrogen (secondary N) is 2. The van der Waals surface area contributed by atoms with Crippen molar-refractivity contribution in [2.75, 3.05) is 11.9 Å². The van der Waals surface area contributed by atoms with E-state index in [1.54, 1.807) is 0 Å². The van der Waals surface area contributed by atoms with Crippen LogP contribution in [-0.2, 0) is 15.7 Å². The van der Waals surface area contributed by atoms with Gasteiger partial charge in [-0.25, -0.2) is 4.98 Å². The van der Waals surface area contributed by atoms with E-state index in [1.807, 2.05) is 13.8 Å². The van der Waals surface area contributed by atoms with Crippen LogP contribution >= 0.6 is 0 Å². The zero-order chi connectivity index (χ0) is 17.7. The van der Waals surface area contributed by atoms with Crippen LogP contribution in [-0.4, -0.2) is 35.7 Å². The molecule has 1 saturated heterocycles. The zero-order valence-electron chi connectivity index (χ0n) is 13.7. The standard InChI is InChI=1S/C16H22F3N3O2/c1-10(7-8-20-15(23)13-5-3-11(2)24-13)22-14-6-4-12(9-21-14)16(17,18)19/h4,6,9-11,13H,3,5,7-8H2,1-2H3,(H,20,23)(H,21,22). The highest BCUT2D eigenvalue weighted by Gasteiger charge is 2.30. The molecule has 0 aromatic carbocycles. The Bertz CT molecular complexity index is 548. The molecule has 0 saturated carbocycles. The highest BCUT2D eigenvalue weighted by Crippen LogP contribution is 2.28. The highest BCUT2D eigenvalue weighted by molar-refractivity contribution is 5.80. The Morgan fingerprint density at radius 3 is 2.71 bits per heavy atom. The third-order valence-corrected chi connectivity index (χ3v) is 3.89. The fraction of sp³-hybridized carbons (Fsp3) is 0.625. The summed E-state index contributed by atoms with van der Waals surface area (Å²) in [6.07, 6.45) is -1.61. The topological polar surface area (TPSA) is 63.2 Å². The number of pyridine rings is 1. The second-order valence-electron chi connectivity index (χ2n) is 6.07. The molecule has 134 valence electrons. The van der Waals surface area contributed by atoms with Gasteiger partial charge in [-0.1, -0.05) is 0 Å². The fourth-order valence-electron chi connectivity index (χ4n) is 2.49. The van der Waals surface area contributed by atoms with Crippen molar-refractivity contribution in [2.24, 2.45) is 0 Å². The van der Waals surface area contributed by atoms with Gasteiger partial charge in [0.15, 0.2) is 0 Å². The van der Waals surface area contributed by atoms with Gasteiger partial charge in [-0.3, -0.25) is 4.79 Å². The number of halogens is 3. The first-order valence-corrected chi connectivity index (χ1v) is 7.98. The van der Waals surface area contributed by atoms with Crippen LogP contribution in [0.2, 0.25) is 0 Å². The van der Waals surface area contributed by atoms with E-state index >= 15 is 0 Å². The summed E-state index contributed by atoms with van der Waals surface area (Å²) >= 11 is 0. The van der Waals surface area contributed by atoms with E-state index in [-0.39, 0.29) is 24.2 Å². The van der Waals surface area contributed by atoms with Crippen LogP contribution in [0.1, 0.15) is 38.7 Å². The molecule has 24 heavy (non-hydrogen) atoms. The monoisotopic (exact) mass is 345 g/mol. The Labute approximate surface area is 139 Å². The molecule has 2 N–H and O–H groups in total. The third-order valence-electron chi connectivity index (χ3n) is 3.89. The number of carbonyl (C=O) groups is 1. The maximum atomic E-state index is 12.5. The van der Waals surface area contributed by atoms with Gasteiger partial charge in [-0.2, -0.15) is 13.2 Å². The molecule has 1 aromatic heterocycles. The average Bonchev–Trinajstić information content (AvgIpc) is 2.93. The number of hydrogen-bond donors (Lipinski definition) is 2. The molecule has 8 heteroatoms. The molecule has 2 heterocycles. The number of rotatable bonds is 6. The van der Waals surface area contributed by atoms with Crippen LogP contribution in [0.25, 0.3) is 0 Å². The molecule has 0 bridgehead atoms. The number of anilines is 1. The predicted molar refractivity (Wildman–Crippen MR) is 83.5 cm³/mol. The quantitative estimate of drug-likeness (QED) is 0.832. The first-order chi connectivity index (χ1) is 11.3. The fourth-order valence-corrected chi connectivity index (χ4v) is 2.49. The van der Waals surface area contributed by atoms with E-state index in [9.17, 15) is 18.0 Å². The van der Waals surface area contributed by atoms with E-state index in [2.05, 4.69) is 15.6 Å². The highest BCUT2D eigenvalue weighted by atomic mass is 19.4. The van der Waals surface area contributed by atoms with Gasteiger partial charge in [0.2, 0.25) is 5.91 Å². The number of hydrogen-bond acceptors (Lipinski definition) is 4. The van der Waals surface area contributed by atoms with Crippen molar-refractivity contribution in [1.82, 2.24) is 10.3 Å². The van der Waals surface area contributed by atoms with Crippen LogP contribution in [0, 0.1) is 0 Å². The summed E-state index contributed by atoms with van der Waals surface area (Å²) in [5.41, 5.74) is -0.779. The normalized spacial score (nSPS) is 22.2. The Kier molecular flexibility index (Phi) is 6.04. The second kappa shape index (κ2) is 7.83. The molecule has 1 aliphatic rings. The van der Waals surface area contributed by atoms with Crippen molar-refractivity contribution in [3.63, 3.8) is 0 Å². The smallest absolute Gasteiger partial charge is 0.368 e. The van der Waals surface area contributed by atoms with Crippen LogP contribution in [0.3, 0.4) is 0 Å². The number of amides is 1. The number of ether oxygens (including phenoxy) is 1. The van der Waals surface area contributed by atoms with E-state index in [1.165, 1.54) is 6.07 Å².